The summed E-state index contributed by atoms with van der Waals surface area (Å²) in [5, 5.41) is 14.8. The number of hydrogen-bond donors (Lipinski definition) is 6. The molecule has 3 aromatic carbocycles. The molecular formula is C53H72N8O8S2. The maximum atomic E-state index is 14.4. The van der Waals surface area contributed by atoms with Crippen molar-refractivity contribution in [3.8, 4) is 0 Å². The molecule has 0 aromatic heterocycles. The molecule has 9 atom stereocenters. The van der Waals surface area contributed by atoms with E-state index in [1.807, 2.05) is 113 Å². The molecule has 4 heterocycles. The third-order valence-electron chi connectivity index (χ3n) is 14.2. The van der Waals surface area contributed by atoms with Crippen molar-refractivity contribution in [3.05, 3.63) is 107 Å². The topological polar surface area (TPSA) is 214 Å². The summed E-state index contributed by atoms with van der Waals surface area (Å²) >= 11 is 3.33. The number of primary amides is 1. The minimum Gasteiger partial charge on any atom is -0.374 e. The van der Waals surface area contributed by atoms with Crippen LogP contribution in [0.25, 0.3) is 0 Å². The fraction of sp³-hybridized carbons (Fsp3) is 0.547. The summed E-state index contributed by atoms with van der Waals surface area (Å²) < 4.78 is 12.6. The number of thioether (sulfide) groups is 2. The Labute approximate surface area is 426 Å². The number of carbonyl (C=O) groups is 6. The number of likely N-dealkylation sites (N-methyl/N-ethyl adjacent to an activating group) is 2. The molecule has 4 aliphatic heterocycles. The van der Waals surface area contributed by atoms with Gasteiger partial charge < -0.3 is 51.6 Å². The van der Waals surface area contributed by atoms with Crippen LogP contribution in [0, 0.1) is 16.7 Å². The summed E-state index contributed by atoms with van der Waals surface area (Å²) in [6.45, 7) is 9.19. The lowest BCUT2D eigenvalue weighted by molar-refractivity contribution is -0.144. The number of fused-ring (bicyclic) bond motifs is 2. The van der Waals surface area contributed by atoms with Crippen LogP contribution in [0.5, 0.6) is 0 Å². The van der Waals surface area contributed by atoms with Crippen molar-refractivity contribution in [2.75, 3.05) is 45.4 Å². The second kappa shape index (κ2) is 24.2. The first-order valence-electron chi connectivity index (χ1n) is 24.7. The summed E-state index contributed by atoms with van der Waals surface area (Å²) in [5.74, 6) is -0.179. The summed E-state index contributed by atoms with van der Waals surface area (Å²) in [6.07, 6.45) is 2.51. The number of carbonyl (C=O) groups excluding carboxylic acids is 6. The molecule has 384 valence electrons. The summed E-state index contributed by atoms with van der Waals surface area (Å²) in [5.41, 5.74) is 8.24. The number of benzene rings is 3. The van der Waals surface area contributed by atoms with E-state index >= 15 is 0 Å². The van der Waals surface area contributed by atoms with Crippen molar-refractivity contribution >= 4 is 59.0 Å². The fourth-order valence-corrected chi connectivity index (χ4v) is 13.8. The third kappa shape index (κ3) is 13.4. The van der Waals surface area contributed by atoms with E-state index in [-0.39, 0.29) is 79.0 Å². The molecule has 6 amide bonds. The summed E-state index contributed by atoms with van der Waals surface area (Å²) in [7, 11) is 3.37. The van der Waals surface area contributed by atoms with Gasteiger partial charge in [0.25, 0.3) is 0 Å². The monoisotopic (exact) mass is 1010 g/mol. The van der Waals surface area contributed by atoms with Crippen LogP contribution < -0.4 is 32.3 Å². The van der Waals surface area contributed by atoms with E-state index in [0.29, 0.717) is 43.8 Å². The Hall–Kier alpha value is -4.98. The van der Waals surface area contributed by atoms with Crippen LogP contribution >= 0.6 is 23.5 Å². The molecule has 4 saturated heterocycles. The minimum atomic E-state index is -0.742. The molecule has 0 spiro atoms. The Kier molecular flexibility index (Phi) is 18.3. The number of ether oxygens (including phenoxy) is 2. The van der Waals surface area contributed by atoms with Crippen LogP contribution in [0.4, 0.5) is 0 Å². The fourth-order valence-electron chi connectivity index (χ4n) is 10.5. The van der Waals surface area contributed by atoms with E-state index in [2.05, 4.69) is 26.6 Å². The van der Waals surface area contributed by atoms with Gasteiger partial charge in [0.05, 0.1) is 61.8 Å². The van der Waals surface area contributed by atoms with Gasteiger partial charge in [-0.1, -0.05) is 113 Å². The first-order valence-corrected chi connectivity index (χ1v) is 26.8. The molecule has 0 radical (unpaired) electrons. The molecule has 0 bridgehead atoms. The number of rotatable bonds is 21. The zero-order valence-electron chi connectivity index (χ0n) is 41.8. The normalized spacial score (nSPS) is 24.9. The second-order valence-electron chi connectivity index (χ2n) is 20.6. The highest BCUT2D eigenvalue weighted by Gasteiger charge is 2.55. The number of hydrogen-bond acceptors (Lipinski definition) is 12. The highest BCUT2D eigenvalue weighted by Crippen LogP contribution is 2.48. The van der Waals surface area contributed by atoms with Crippen molar-refractivity contribution in [2.45, 2.75) is 120 Å². The first-order chi connectivity index (χ1) is 34.0. The van der Waals surface area contributed by atoms with Crippen molar-refractivity contribution in [2.24, 2.45) is 22.5 Å². The third-order valence-corrected chi connectivity index (χ3v) is 16.9. The molecule has 7 rings (SSSR count). The van der Waals surface area contributed by atoms with E-state index in [1.165, 1.54) is 0 Å². The lowest BCUT2D eigenvalue weighted by atomic mass is 9.83. The highest BCUT2D eigenvalue weighted by atomic mass is 32.2. The van der Waals surface area contributed by atoms with E-state index in [0.717, 1.165) is 22.3 Å². The van der Waals surface area contributed by atoms with Crippen LogP contribution in [-0.4, -0.2) is 126 Å². The first kappa shape index (κ1) is 53.8. The van der Waals surface area contributed by atoms with Gasteiger partial charge in [0, 0.05) is 6.42 Å². The molecule has 4 fully saturated rings. The van der Waals surface area contributed by atoms with Gasteiger partial charge in [-0.2, -0.15) is 0 Å². The summed E-state index contributed by atoms with van der Waals surface area (Å²) in [6, 6.07) is 23.6. The Bertz CT molecular complexity index is 2330. The van der Waals surface area contributed by atoms with Crippen LogP contribution in [0.2, 0.25) is 0 Å². The number of nitrogens with zero attached hydrogens (tertiary/aromatic N) is 2. The molecule has 4 aliphatic rings. The molecule has 3 aromatic rings. The predicted octanol–water partition coefficient (Wildman–Crippen LogP) is 4.40. The lowest BCUT2D eigenvalue weighted by Gasteiger charge is -2.35. The molecule has 1 unspecified atom stereocenters. The Morgan fingerprint density at radius 2 is 1.24 bits per heavy atom. The van der Waals surface area contributed by atoms with Gasteiger partial charge in [0.15, 0.2) is 0 Å². The average Bonchev–Trinajstić information content (AvgIpc) is 3.66. The van der Waals surface area contributed by atoms with Gasteiger partial charge in [0.1, 0.15) is 18.1 Å². The zero-order chi connectivity index (χ0) is 50.9. The minimum absolute atomic E-state index is 0.0491. The zero-order valence-corrected chi connectivity index (χ0v) is 43.5. The second-order valence-corrected chi connectivity index (χ2v) is 23.1. The predicted molar refractivity (Wildman–Crippen MR) is 276 cm³/mol. The molecule has 7 N–H and O–H groups in total. The molecule has 0 aliphatic carbocycles. The van der Waals surface area contributed by atoms with Crippen LogP contribution in [0.15, 0.2) is 84.9 Å². The molecule has 18 heteroatoms. The lowest BCUT2D eigenvalue weighted by Crippen LogP contribution is -2.57. The van der Waals surface area contributed by atoms with Crippen molar-refractivity contribution in [3.63, 3.8) is 0 Å². The molecular weight excluding hydrogens is 941 g/mol. The maximum Gasteiger partial charge on any atom is 0.246 e. The van der Waals surface area contributed by atoms with Crippen molar-refractivity contribution in [1.29, 1.82) is 0 Å². The van der Waals surface area contributed by atoms with Crippen molar-refractivity contribution < 1.29 is 38.2 Å². The Morgan fingerprint density at radius 1 is 0.732 bits per heavy atom. The molecule has 16 nitrogen and oxygen atoms in total. The quantitative estimate of drug-likeness (QED) is 0.0877. The van der Waals surface area contributed by atoms with Gasteiger partial charge in [0.2, 0.25) is 35.4 Å². The number of nitrogens with two attached hydrogens (primary N) is 1. The molecule has 71 heavy (non-hydrogen) atoms. The van der Waals surface area contributed by atoms with Crippen LogP contribution in [0.1, 0.15) is 94.1 Å². The largest absolute Gasteiger partial charge is 0.374 e. The van der Waals surface area contributed by atoms with Crippen LogP contribution in [-0.2, 0) is 51.5 Å². The standard InChI is InChI=1S/C53H72N8O8S2/c1-52(2)25-44-60(43(63)24-35(32-71-44)23-39(56-6)48(54)64)46(52)49(65)58-40(36-13-9-7-10-14-36)30-68-28-33-17-19-34(20-18-33)29-69-31-41(37-15-11-8-12-16-37)59-50(66)47-53(3,4)26-45-61(47)51(67)38(21-22-70-45)57-42(62)27-55-5/h7-20,35,38-41,44-47,55-56H,21-32H2,1-6H3,(H2,54,64)(H,57,62)(H,58,65)(H,59,66)/t35?,38-,39-,40+,41+,44-,45-,46+,47+/m0/s1. The van der Waals surface area contributed by atoms with Crippen LogP contribution in [0.3, 0.4) is 0 Å². The van der Waals surface area contributed by atoms with E-state index < -0.39 is 53.0 Å². The SMILES string of the molecule is CNCC(=O)N[C@H]1CCS[C@H]2CC(C)(C)[C@@H](C(=O)N[C@H](COCc3ccc(COC[C@@H](NC(=O)[C@H]4N5C(=O)CC(C[C@H](NC)C(N)=O)CS[C@H]5CC4(C)C)c4ccccc4)cc3)c3ccccc3)N2C1=O. The van der Waals surface area contributed by atoms with E-state index in [9.17, 15) is 28.8 Å². The number of nitrogens with one attached hydrogen (secondary N) is 5. The van der Waals surface area contributed by atoms with Gasteiger partial charge in [-0.05, 0) is 90.3 Å². The highest BCUT2D eigenvalue weighted by molar-refractivity contribution is 8.00. The van der Waals surface area contributed by atoms with Gasteiger partial charge in [-0.15, -0.1) is 23.5 Å². The number of amides is 6. The maximum absolute atomic E-state index is 14.4. The average molecular weight is 1010 g/mol. The van der Waals surface area contributed by atoms with Gasteiger partial charge >= 0.3 is 0 Å². The summed E-state index contributed by atoms with van der Waals surface area (Å²) in [4.78, 5) is 84.8. The molecule has 0 saturated carbocycles. The van der Waals surface area contributed by atoms with E-state index in [4.69, 9.17) is 15.2 Å². The Morgan fingerprint density at radius 3 is 1.73 bits per heavy atom. The Balaban J connectivity index is 0.949. The van der Waals surface area contributed by atoms with Gasteiger partial charge in [-0.25, -0.2) is 0 Å². The van der Waals surface area contributed by atoms with E-state index in [1.54, 1.807) is 47.4 Å². The van der Waals surface area contributed by atoms with Crippen molar-refractivity contribution in [1.82, 2.24) is 36.4 Å². The smallest absolute Gasteiger partial charge is 0.246 e. The van der Waals surface area contributed by atoms with Gasteiger partial charge in [-0.3, -0.25) is 28.8 Å².